The zero-order chi connectivity index (χ0) is 14.4. The SMILES string of the molecule is CCCCOC(C)C(=O)N1CCN(C(C)=O)CC1C. The van der Waals surface area contributed by atoms with Crippen LogP contribution in [0, 0.1) is 0 Å². The zero-order valence-electron chi connectivity index (χ0n) is 12.5. The number of hydrogen-bond donors (Lipinski definition) is 0. The molecule has 5 heteroatoms. The van der Waals surface area contributed by atoms with Crippen molar-refractivity contribution in [2.75, 3.05) is 26.2 Å². The normalized spacial score (nSPS) is 21.4. The Morgan fingerprint density at radius 2 is 2.05 bits per heavy atom. The first-order valence-corrected chi connectivity index (χ1v) is 7.15. The number of amides is 2. The van der Waals surface area contributed by atoms with Crippen molar-refractivity contribution in [2.45, 2.75) is 52.7 Å². The van der Waals surface area contributed by atoms with Crippen molar-refractivity contribution < 1.29 is 14.3 Å². The van der Waals surface area contributed by atoms with Gasteiger partial charge in [-0.25, -0.2) is 0 Å². The van der Waals surface area contributed by atoms with E-state index in [9.17, 15) is 9.59 Å². The molecule has 5 nitrogen and oxygen atoms in total. The smallest absolute Gasteiger partial charge is 0.251 e. The van der Waals surface area contributed by atoms with E-state index in [2.05, 4.69) is 6.92 Å². The van der Waals surface area contributed by atoms with Gasteiger partial charge in [0.15, 0.2) is 0 Å². The number of nitrogens with zero attached hydrogens (tertiary/aromatic N) is 2. The van der Waals surface area contributed by atoms with Crippen LogP contribution in [0.3, 0.4) is 0 Å². The van der Waals surface area contributed by atoms with E-state index in [1.165, 1.54) is 0 Å². The van der Waals surface area contributed by atoms with Crippen LogP contribution in [-0.2, 0) is 14.3 Å². The highest BCUT2D eigenvalue weighted by Crippen LogP contribution is 2.12. The Morgan fingerprint density at radius 3 is 2.58 bits per heavy atom. The minimum absolute atomic E-state index is 0.0341. The van der Waals surface area contributed by atoms with E-state index in [0.29, 0.717) is 26.2 Å². The number of ether oxygens (including phenoxy) is 1. The van der Waals surface area contributed by atoms with Crippen molar-refractivity contribution in [2.24, 2.45) is 0 Å². The van der Waals surface area contributed by atoms with Gasteiger partial charge in [-0.3, -0.25) is 9.59 Å². The lowest BCUT2D eigenvalue weighted by atomic mass is 10.1. The van der Waals surface area contributed by atoms with Crippen molar-refractivity contribution in [3.63, 3.8) is 0 Å². The monoisotopic (exact) mass is 270 g/mol. The maximum Gasteiger partial charge on any atom is 0.251 e. The highest BCUT2D eigenvalue weighted by Gasteiger charge is 2.31. The van der Waals surface area contributed by atoms with E-state index in [4.69, 9.17) is 4.74 Å². The van der Waals surface area contributed by atoms with Gasteiger partial charge in [0.25, 0.3) is 5.91 Å². The van der Waals surface area contributed by atoms with Gasteiger partial charge in [-0.15, -0.1) is 0 Å². The molecule has 2 atom stereocenters. The fourth-order valence-corrected chi connectivity index (χ4v) is 2.28. The molecule has 1 saturated heterocycles. The second kappa shape index (κ2) is 7.48. The third-order valence-electron chi connectivity index (χ3n) is 3.57. The van der Waals surface area contributed by atoms with Crippen LogP contribution in [0.5, 0.6) is 0 Å². The molecule has 2 amide bonds. The van der Waals surface area contributed by atoms with Gasteiger partial charge in [0.2, 0.25) is 5.91 Å². The van der Waals surface area contributed by atoms with Crippen LogP contribution in [-0.4, -0.2) is 60.0 Å². The van der Waals surface area contributed by atoms with E-state index in [-0.39, 0.29) is 17.9 Å². The lowest BCUT2D eigenvalue weighted by molar-refractivity contribution is -0.150. The quantitative estimate of drug-likeness (QED) is 0.707. The van der Waals surface area contributed by atoms with Crippen LogP contribution in [0.1, 0.15) is 40.5 Å². The first-order chi connectivity index (χ1) is 8.97. The third-order valence-corrected chi connectivity index (χ3v) is 3.57. The van der Waals surface area contributed by atoms with Gasteiger partial charge in [0.05, 0.1) is 0 Å². The molecular weight excluding hydrogens is 244 g/mol. The second-order valence-corrected chi connectivity index (χ2v) is 5.21. The van der Waals surface area contributed by atoms with E-state index < -0.39 is 6.10 Å². The molecule has 0 spiro atoms. The summed E-state index contributed by atoms with van der Waals surface area (Å²) in [6.07, 6.45) is 1.65. The van der Waals surface area contributed by atoms with Crippen LogP contribution in [0.25, 0.3) is 0 Å². The van der Waals surface area contributed by atoms with Crippen LogP contribution in [0.15, 0.2) is 0 Å². The predicted molar refractivity (Wildman–Crippen MR) is 73.8 cm³/mol. The van der Waals surface area contributed by atoms with Gasteiger partial charge in [-0.1, -0.05) is 13.3 Å². The van der Waals surface area contributed by atoms with E-state index in [1.807, 2.05) is 18.7 Å². The molecule has 0 aliphatic carbocycles. The van der Waals surface area contributed by atoms with Gasteiger partial charge in [-0.05, 0) is 20.3 Å². The number of rotatable bonds is 5. The van der Waals surface area contributed by atoms with Crippen LogP contribution >= 0.6 is 0 Å². The van der Waals surface area contributed by atoms with E-state index in [0.717, 1.165) is 12.8 Å². The highest BCUT2D eigenvalue weighted by molar-refractivity contribution is 5.81. The fraction of sp³-hybridized carbons (Fsp3) is 0.857. The Hall–Kier alpha value is -1.10. The first-order valence-electron chi connectivity index (χ1n) is 7.15. The first kappa shape index (κ1) is 16.0. The van der Waals surface area contributed by atoms with Crippen molar-refractivity contribution in [1.82, 2.24) is 9.80 Å². The van der Waals surface area contributed by atoms with Gasteiger partial charge >= 0.3 is 0 Å². The Morgan fingerprint density at radius 1 is 1.37 bits per heavy atom. The van der Waals surface area contributed by atoms with Gasteiger partial charge in [-0.2, -0.15) is 0 Å². The summed E-state index contributed by atoms with van der Waals surface area (Å²) >= 11 is 0. The third kappa shape index (κ3) is 4.49. The predicted octanol–water partition coefficient (Wildman–Crippen LogP) is 1.27. The summed E-state index contributed by atoms with van der Waals surface area (Å²) in [4.78, 5) is 27.2. The molecule has 0 radical (unpaired) electrons. The number of carbonyl (C=O) groups is 2. The molecule has 0 aromatic heterocycles. The number of hydrogen-bond acceptors (Lipinski definition) is 3. The number of unbranched alkanes of at least 4 members (excludes halogenated alkanes) is 1. The minimum Gasteiger partial charge on any atom is -0.369 e. The Kier molecular flexibility index (Phi) is 6.28. The van der Waals surface area contributed by atoms with Gasteiger partial charge in [0, 0.05) is 39.2 Å². The number of carbonyl (C=O) groups excluding carboxylic acids is 2. The molecule has 0 aromatic carbocycles. The van der Waals surface area contributed by atoms with E-state index >= 15 is 0 Å². The molecule has 1 aliphatic heterocycles. The largest absolute Gasteiger partial charge is 0.369 e. The molecule has 0 saturated carbocycles. The van der Waals surface area contributed by atoms with Gasteiger partial charge in [0.1, 0.15) is 6.10 Å². The summed E-state index contributed by atoms with van der Waals surface area (Å²) in [6.45, 7) is 9.91. The maximum absolute atomic E-state index is 12.3. The molecule has 0 N–H and O–H groups in total. The van der Waals surface area contributed by atoms with Crippen LogP contribution < -0.4 is 0 Å². The number of piperazine rings is 1. The lowest BCUT2D eigenvalue weighted by Gasteiger charge is -2.40. The highest BCUT2D eigenvalue weighted by atomic mass is 16.5. The Labute approximate surface area is 115 Å². The molecule has 2 unspecified atom stereocenters. The van der Waals surface area contributed by atoms with Crippen molar-refractivity contribution in [3.05, 3.63) is 0 Å². The summed E-state index contributed by atoms with van der Waals surface area (Å²) in [5.41, 5.74) is 0. The molecule has 1 aliphatic rings. The fourth-order valence-electron chi connectivity index (χ4n) is 2.28. The molecule has 19 heavy (non-hydrogen) atoms. The summed E-state index contributed by atoms with van der Waals surface area (Å²) in [5, 5.41) is 0. The van der Waals surface area contributed by atoms with Gasteiger partial charge < -0.3 is 14.5 Å². The molecule has 1 rings (SSSR count). The second-order valence-electron chi connectivity index (χ2n) is 5.21. The average molecular weight is 270 g/mol. The summed E-state index contributed by atoms with van der Waals surface area (Å²) < 4.78 is 5.55. The molecule has 0 bridgehead atoms. The van der Waals surface area contributed by atoms with Crippen molar-refractivity contribution in [1.29, 1.82) is 0 Å². The Balaban J connectivity index is 2.47. The molecule has 1 fully saturated rings. The average Bonchev–Trinajstić information content (AvgIpc) is 2.37. The Bertz CT molecular complexity index is 320. The standard InChI is InChI=1S/C14H26N2O3/c1-5-6-9-19-12(3)14(18)16-8-7-15(13(4)17)10-11(16)2/h11-12H,5-10H2,1-4H3. The van der Waals surface area contributed by atoms with E-state index in [1.54, 1.807) is 11.8 Å². The minimum atomic E-state index is -0.391. The van der Waals surface area contributed by atoms with Crippen LogP contribution in [0.4, 0.5) is 0 Å². The summed E-state index contributed by atoms with van der Waals surface area (Å²) in [5.74, 6) is 0.109. The molecule has 0 aromatic rings. The summed E-state index contributed by atoms with van der Waals surface area (Å²) in [7, 11) is 0. The zero-order valence-corrected chi connectivity index (χ0v) is 12.5. The molecule has 110 valence electrons. The lowest BCUT2D eigenvalue weighted by Crippen LogP contribution is -2.57. The molecule has 1 heterocycles. The summed E-state index contributed by atoms with van der Waals surface area (Å²) in [6, 6.07) is 0.0578. The topological polar surface area (TPSA) is 49.9 Å². The van der Waals surface area contributed by atoms with Crippen molar-refractivity contribution >= 4 is 11.8 Å². The van der Waals surface area contributed by atoms with Crippen LogP contribution in [0.2, 0.25) is 0 Å². The maximum atomic E-state index is 12.3. The van der Waals surface area contributed by atoms with Crippen molar-refractivity contribution in [3.8, 4) is 0 Å². The molecular formula is C14H26N2O3.